The molecule has 0 spiro atoms. The molecule has 2 rings (SSSR count). The number of carbonyl (C=O) groups is 1. The van der Waals surface area contributed by atoms with Crippen LogP contribution in [0.5, 0.6) is 5.75 Å². The van der Waals surface area contributed by atoms with E-state index in [-0.39, 0.29) is 5.97 Å². The molecule has 21 heavy (non-hydrogen) atoms. The van der Waals surface area contributed by atoms with E-state index in [1.165, 1.54) is 37.7 Å². The summed E-state index contributed by atoms with van der Waals surface area (Å²) in [6.45, 7) is 0. The third kappa shape index (κ3) is 4.85. The summed E-state index contributed by atoms with van der Waals surface area (Å²) < 4.78 is 10.2. The lowest BCUT2D eigenvalue weighted by Gasteiger charge is -2.30. The van der Waals surface area contributed by atoms with Gasteiger partial charge in [-0.25, -0.2) is 0 Å². The van der Waals surface area contributed by atoms with Crippen molar-refractivity contribution in [3.63, 3.8) is 0 Å². The van der Waals surface area contributed by atoms with Crippen molar-refractivity contribution >= 4 is 29.5 Å². The molecule has 116 valence electrons. The molecule has 0 aromatic heterocycles. The van der Waals surface area contributed by atoms with Crippen molar-refractivity contribution in [2.24, 2.45) is 0 Å². The molecular weight excluding hydrogens is 304 g/mol. The van der Waals surface area contributed by atoms with E-state index in [9.17, 15) is 4.79 Å². The molecule has 1 fully saturated rings. The second-order valence-electron chi connectivity index (χ2n) is 5.02. The summed E-state index contributed by atoms with van der Waals surface area (Å²) in [5, 5.41) is 1.04. The van der Waals surface area contributed by atoms with Crippen LogP contribution in [-0.2, 0) is 9.53 Å². The predicted octanol–water partition coefficient (Wildman–Crippen LogP) is 4.00. The van der Waals surface area contributed by atoms with Gasteiger partial charge in [0, 0.05) is 15.4 Å². The zero-order valence-corrected chi connectivity index (χ0v) is 14.2. The van der Waals surface area contributed by atoms with Crippen LogP contribution in [0.4, 0.5) is 0 Å². The van der Waals surface area contributed by atoms with E-state index in [1.807, 2.05) is 30.0 Å². The highest BCUT2D eigenvalue weighted by Gasteiger charge is 2.27. The normalized spacial score (nSPS) is 21.8. The van der Waals surface area contributed by atoms with Crippen LogP contribution in [0.3, 0.4) is 0 Å². The van der Waals surface area contributed by atoms with Crippen molar-refractivity contribution in [2.75, 3.05) is 20.0 Å². The van der Waals surface area contributed by atoms with E-state index in [0.717, 1.165) is 5.75 Å². The molecule has 1 aliphatic carbocycles. The third-order valence-electron chi connectivity index (χ3n) is 3.63. The number of hydrogen-bond donors (Lipinski definition) is 0. The van der Waals surface area contributed by atoms with Gasteiger partial charge in [-0.05, 0) is 25.0 Å². The number of ether oxygens (including phenoxy) is 2. The van der Waals surface area contributed by atoms with Crippen LogP contribution >= 0.6 is 23.5 Å². The van der Waals surface area contributed by atoms with Gasteiger partial charge in [-0.15, -0.1) is 23.5 Å². The SMILES string of the molecule is COC(=O)CS[C@@H]1CCCC[C@H]1Sc1ccccc1OC. The Bertz CT molecular complexity index is 465. The third-order valence-corrected chi connectivity index (χ3v) is 6.66. The molecule has 3 nitrogen and oxygen atoms in total. The van der Waals surface area contributed by atoms with E-state index in [2.05, 4.69) is 6.07 Å². The Hall–Kier alpha value is -0.810. The first-order valence-corrected chi connectivity index (χ1v) is 9.15. The molecule has 0 aliphatic heterocycles. The van der Waals surface area contributed by atoms with E-state index in [1.54, 1.807) is 18.9 Å². The lowest BCUT2D eigenvalue weighted by atomic mass is 10.00. The van der Waals surface area contributed by atoms with Crippen LogP contribution in [0.25, 0.3) is 0 Å². The van der Waals surface area contributed by atoms with Crippen molar-refractivity contribution in [2.45, 2.75) is 41.1 Å². The lowest BCUT2D eigenvalue weighted by Crippen LogP contribution is -2.25. The number of hydrogen-bond acceptors (Lipinski definition) is 5. The predicted molar refractivity (Wildman–Crippen MR) is 89.4 cm³/mol. The van der Waals surface area contributed by atoms with Crippen LogP contribution in [0.2, 0.25) is 0 Å². The average Bonchev–Trinajstić information content (AvgIpc) is 2.54. The van der Waals surface area contributed by atoms with Crippen molar-refractivity contribution < 1.29 is 14.3 Å². The first kappa shape index (κ1) is 16.6. The first-order valence-electron chi connectivity index (χ1n) is 7.22. The number of methoxy groups -OCH3 is 2. The number of thioether (sulfide) groups is 2. The van der Waals surface area contributed by atoms with Crippen LogP contribution < -0.4 is 4.74 Å². The average molecular weight is 326 g/mol. The Morgan fingerprint density at radius 1 is 1.19 bits per heavy atom. The van der Waals surface area contributed by atoms with Crippen LogP contribution in [0.15, 0.2) is 29.2 Å². The first-order chi connectivity index (χ1) is 10.2. The molecule has 0 saturated heterocycles. The minimum atomic E-state index is -0.133. The van der Waals surface area contributed by atoms with E-state index in [0.29, 0.717) is 16.3 Å². The fourth-order valence-corrected chi connectivity index (χ4v) is 5.38. The zero-order chi connectivity index (χ0) is 15.1. The van der Waals surface area contributed by atoms with Gasteiger partial charge < -0.3 is 9.47 Å². The molecular formula is C16H22O3S2. The molecule has 0 unspecified atom stereocenters. The summed E-state index contributed by atoms with van der Waals surface area (Å²) in [5.74, 6) is 1.25. The highest BCUT2D eigenvalue weighted by atomic mass is 32.2. The molecule has 1 saturated carbocycles. The molecule has 0 bridgehead atoms. The van der Waals surface area contributed by atoms with E-state index in [4.69, 9.17) is 9.47 Å². The number of carbonyl (C=O) groups excluding carboxylic acids is 1. The lowest BCUT2D eigenvalue weighted by molar-refractivity contribution is -0.137. The van der Waals surface area contributed by atoms with E-state index >= 15 is 0 Å². The highest BCUT2D eigenvalue weighted by molar-refractivity contribution is 8.04. The van der Waals surface area contributed by atoms with Crippen molar-refractivity contribution in [1.82, 2.24) is 0 Å². The standard InChI is InChI=1S/C16H22O3S2/c1-18-12-7-3-4-8-13(12)21-15-10-6-5-9-14(15)20-11-16(17)19-2/h3-4,7-8,14-15H,5-6,9-11H2,1-2H3/t14-,15-/m1/s1. The van der Waals surface area contributed by atoms with Gasteiger partial charge >= 0.3 is 5.97 Å². The fraction of sp³-hybridized carbons (Fsp3) is 0.562. The van der Waals surface area contributed by atoms with Gasteiger partial charge in [-0.3, -0.25) is 4.79 Å². The summed E-state index contributed by atoms with van der Waals surface area (Å²) in [7, 11) is 3.16. The Labute approximate surface area is 135 Å². The summed E-state index contributed by atoms with van der Waals surface area (Å²) >= 11 is 3.62. The van der Waals surface area contributed by atoms with Crippen LogP contribution in [-0.4, -0.2) is 36.4 Å². The number of para-hydroxylation sites is 1. The molecule has 1 aromatic rings. The summed E-state index contributed by atoms with van der Waals surface area (Å²) in [6, 6.07) is 8.15. The van der Waals surface area contributed by atoms with Crippen molar-refractivity contribution in [1.29, 1.82) is 0 Å². The zero-order valence-electron chi connectivity index (χ0n) is 12.5. The summed E-state index contributed by atoms with van der Waals surface area (Å²) in [4.78, 5) is 12.5. The van der Waals surface area contributed by atoms with Gasteiger partial charge in [0.05, 0.1) is 20.0 Å². The quantitative estimate of drug-likeness (QED) is 0.738. The smallest absolute Gasteiger partial charge is 0.315 e. The van der Waals surface area contributed by atoms with Gasteiger partial charge in [-0.1, -0.05) is 25.0 Å². The second kappa shape index (κ2) is 8.59. The molecule has 2 atom stereocenters. The number of rotatable bonds is 6. The summed E-state index contributed by atoms with van der Waals surface area (Å²) in [6.07, 6.45) is 4.89. The number of benzene rings is 1. The topological polar surface area (TPSA) is 35.5 Å². The Morgan fingerprint density at radius 2 is 1.90 bits per heavy atom. The molecule has 0 radical (unpaired) electrons. The maximum atomic E-state index is 11.4. The maximum Gasteiger partial charge on any atom is 0.315 e. The molecule has 1 aliphatic rings. The molecule has 0 heterocycles. The monoisotopic (exact) mass is 326 g/mol. The second-order valence-corrected chi connectivity index (χ2v) is 7.53. The highest BCUT2D eigenvalue weighted by Crippen LogP contribution is 2.42. The van der Waals surface area contributed by atoms with Gasteiger partial charge in [0.25, 0.3) is 0 Å². The van der Waals surface area contributed by atoms with Crippen molar-refractivity contribution in [3.05, 3.63) is 24.3 Å². The largest absolute Gasteiger partial charge is 0.496 e. The van der Waals surface area contributed by atoms with Gasteiger partial charge in [0.1, 0.15) is 5.75 Å². The van der Waals surface area contributed by atoms with Crippen LogP contribution in [0, 0.1) is 0 Å². The maximum absolute atomic E-state index is 11.4. The van der Waals surface area contributed by atoms with Gasteiger partial charge in [0.15, 0.2) is 0 Å². The van der Waals surface area contributed by atoms with E-state index < -0.39 is 0 Å². The van der Waals surface area contributed by atoms with Gasteiger partial charge in [-0.2, -0.15) is 0 Å². The Kier molecular flexibility index (Phi) is 6.77. The molecule has 0 amide bonds. The van der Waals surface area contributed by atoms with Crippen LogP contribution in [0.1, 0.15) is 25.7 Å². The number of esters is 1. The fourth-order valence-electron chi connectivity index (χ4n) is 2.50. The molecule has 5 heteroatoms. The van der Waals surface area contributed by atoms with Gasteiger partial charge in [0.2, 0.25) is 0 Å². The Morgan fingerprint density at radius 3 is 2.62 bits per heavy atom. The molecule has 1 aromatic carbocycles. The van der Waals surface area contributed by atoms with Crippen molar-refractivity contribution in [3.8, 4) is 5.75 Å². The minimum Gasteiger partial charge on any atom is -0.496 e. The summed E-state index contributed by atoms with van der Waals surface area (Å²) in [5.41, 5.74) is 0. The minimum absolute atomic E-state index is 0.133. The Balaban J connectivity index is 1.99. The molecule has 0 N–H and O–H groups in total.